The summed E-state index contributed by atoms with van der Waals surface area (Å²) in [6.45, 7) is 0. The number of carbonyl (C=O) groups excluding carboxylic acids is 1. The summed E-state index contributed by atoms with van der Waals surface area (Å²) in [5.41, 5.74) is 5.56. The Kier molecular flexibility index (Phi) is 5.91. The van der Waals surface area contributed by atoms with Crippen molar-refractivity contribution in [3.8, 4) is 0 Å². The van der Waals surface area contributed by atoms with Crippen LogP contribution in [0.4, 0.5) is 9.38 Å². The third-order valence-electron chi connectivity index (χ3n) is 6.61. The maximum absolute atomic E-state index is 13.1. The Morgan fingerprint density at radius 2 is 1.55 bits per heavy atom. The van der Waals surface area contributed by atoms with Crippen LogP contribution in [-0.4, -0.2) is 66.8 Å². The van der Waals surface area contributed by atoms with E-state index < -0.39 is 0 Å². The summed E-state index contributed by atoms with van der Waals surface area (Å²) in [7, 11) is 0. The van der Waals surface area contributed by atoms with Crippen LogP contribution in [0.2, 0.25) is 0 Å². The molecule has 7 nitrogen and oxygen atoms in total. The number of thioether (sulfide) groups is 1. The molecule has 2 aromatic rings. The number of carbonyl (C=O) groups is 1. The van der Waals surface area contributed by atoms with Crippen molar-refractivity contribution in [3.05, 3.63) is 9.14 Å². The van der Waals surface area contributed by atoms with Crippen LogP contribution >= 0.6 is 11.8 Å². The molecule has 29 heavy (non-hydrogen) atoms. The van der Waals surface area contributed by atoms with Crippen molar-refractivity contribution in [1.29, 1.82) is 0 Å². The molecule has 4 fully saturated rings. The Bertz CT molecular complexity index is 848. The van der Waals surface area contributed by atoms with Gasteiger partial charge in [-0.05, 0) is 0 Å². The number of hydrogen-bond acceptors (Lipinski definition) is 7. The van der Waals surface area contributed by atoms with Crippen molar-refractivity contribution < 1.29 is 4.79 Å². The van der Waals surface area contributed by atoms with Gasteiger partial charge in [0.15, 0.2) is 0 Å². The number of hydrogen-bond donors (Lipinski definition) is 2. The molecule has 4 aliphatic rings. The van der Waals surface area contributed by atoms with Gasteiger partial charge in [0.25, 0.3) is 0 Å². The molecule has 4 bridgehead atoms. The summed E-state index contributed by atoms with van der Waals surface area (Å²) in [4.78, 5) is 13.1. The molecule has 0 saturated heterocycles. The van der Waals surface area contributed by atoms with Gasteiger partial charge < -0.3 is 0 Å². The van der Waals surface area contributed by atoms with Gasteiger partial charge in [0.05, 0.1) is 0 Å². The van der Waals surface area contributed by atoms with Crippen LogP contribution < -0.4 is 11.1 Å². The molecule has 0 aromatic carbocycles. The summed E-state index contributed by atoms with van der Waals surface area (Å²) in [6, 6.07) is 0. The Hall–Kier alpha value is -0.661. The molecule has 0 aliphatic heterocycles. The number of aromatic nitrogens is 4. The zero-order valence-electron chi connectivity index (χ0n) is 16.3. The predicted octanol–water partition coefficient (Wildman–Crippen LogP) is 1.64. The van der Waals surface area contributed by atoms with Gasteiger partial charge in [0.1, 0.15) is 0 Å². The molecule has 1 amide bonds. The number of nitrogen functional groups attached to an aromatic ring is 1. The monoisotopic (exact) mass is 546 g/mol. The summed E-state index contributed by atoms with van der Waals surface area (Å²) in [6.07, 6.45) is 9.28. The van der Waals surface area contributed by atoms with Crippen molar-refractivity contribution in [2.24, 2.45) is 23.2 Å². The quantitative estimate of drug-likeness (QED) is 0.385. The van der Waals surface area contributed by atoms with Crippen LogP contribution in [0, 0.1) is 23.2 Å². The van der Waals surface area contributed by atoms with Crippen LogP contribution in [-0.2, 0) is 17.6 Å². The summed E-state index contributed by atoms with van der Waals surface area (Å²) in [5, 5.41) is 19.9. The van der Waals surface area contributed by atoms with Gasteiger partial charge in [-0.25, -0.2) is 0 Å². The fourth-order valence-electron chi connectivity index (χ4n) is 5.81. The number of aryl methyl sites for hydroxylation is 2. The summed E-state index contributed by atoms with van der Waals surface area (Å²) in [5.74, 6) is 4.66. The molecule has 10 heteroatoms. The van der Waals surface area contributed by atoms with Crippen molar-refractivity contribution in [2.75, 3.05) is 22.6 Å². The van der Waals surface area contributed by atoms with E-state index in [0.717, 1.165) is 75.2 Å². The summed E-state index contributed by atoms with van der Waals surface area (Å²) < 4.78 is 3.78. The number of amides is 1. The molecule has 3 N–H and O–H groups in total. The van der Waals surface area contributed by atoms with Crippen LogP contribution in [0.5, 0.6) is 0 Å². The van der Waals surface area contributed by atoms with Crippen LogP contribution in [0.3, 0.4) is 0 Å². The molecule has 4 saturated carbocycles. The van der Waals surface area contributed by atoms with Gasteiger partial charge in [-0.3, -0.25) is 0 Å². The average molecular weight is 544 g/mol. The number of nitrogens with one attached hydrogen (secondary N) is 1. The molecule has 4 aliphatic carbocycles. The van der Waals surface area contributed by atoms with E-state index in [9.17, 15) is 4.79 Å². The van der Waals surface area contributed by atoms with Gasteiger partial charge in [-0.2, -0.15) is 0 Å². The maximum atomic E-state index is 13.1. The predicted molar refractivity (Wildman–Crippen MR) is 116 cm³/mol. The standard InChI is InChI=1S/C19H26N6OSSe2/c20-17-24-22-14(28-17)1-3-27-4-2-15-23-25-18(29-15)21-16(26)19-8-11-5-12(9-19)7-13(6-11)10-19/h11-13H,1-10H2,(H2,20,24)(H,21,25,26). The first-order valence-electron chi connectivity index (χ1n) is 10.4. The average Bonchev–Trinajstić information content (AvgIpc) is 3.29. The van der Waals surface area contributed by atoms with E-state index in [4.69, 9.17) is 5.73 Å². The van der Waals surface area contributed by atoms with E-state index in [1.807, 2.05) is 11.8 Å². The second-order valence-electron chi connectivity index (χ2n) is 8.80. The van der Waals surface area contributed by atoms with Crippen LogP contribution in [0.25, 0.3) is 0 Å². The molecule has 0 spiro atoms. The molecule has 2 heterocycles. The zero-order valence-corrected chi connectivity index (χ0v) is 20.5. The number of nitrogens with two attached hydrogens (primary N) is 1. The van der Waals surface area contributed by atoms with E-state index in [2.05, 4.69) is 25.7 Å². The Balaban J connectivity index is 1.09. The Morgan fingerprint density at radius 3 is 2.14 bits per heavy atom. The van der Waals surface area contributed by atoms with Gasteiger partial charge >= 0.3 is 187 Å². The molecule has 2 aromatic heterocycles. The van der Waals surface area contributed by atoms with Crippen molar-refractivity contribution >= 4 is 56.1 Å². The fourth-order valence-corrected chi connectivity index (χ4v) is 10.1. The molecule has 0 radical (unpaired) electrons. The molecule has 6 rings (SSSR count). The minimum atomic E-state index is -0.108. The minimum absolute atomic E-state index is 0.0689. The molecule has 156 valence electrons. The third kappa shape index (κ3) is 4.52. The Morgan fingerprint density at radius 1 is 0.966 bits per heavy atom. The SMILES string of the molecule is Nc1nnc(CCSCCc2nnc(NC(=O)C34CC5CC(CC(C5)C3)C4)[se]2)[se]1. The number of rotatable bonds is 8. The van der Waals surface area contributed by atoms with Gasteiger partial charge in [0, 0.05) is 0 Å². The first-order chi connectivity index (χ1) is 14.1. The zero-order chi connectivity index (χ0) is 19.8. The molecule has 0 atom stereocenters. The fraction of sp³-hybridized carbons (Fsp3) is 0.737. The van der Waals surface area contributed by atoms with Crippen molar-refractivity contribution in [3.63, 3.8) is 0 Å². The second kappa shape index (κ2) is 8.46. The summed E-state index contributed by atoms with van der Waals surface area (Å²) >= 11 is 2.14. The first-order valence-corrected chi connectivity index (χ1v) is 15.0. The van der Waals surface area contributed by atoms with Gasteiger partial charge in [-0.1, -0.05) is 0 Å². The van der Waals surface area contributed by atoms with Crippen LogP contribution in [0.15, 0.2) is 0 Å². The molecular formula is C19H26N6OSSe2. The third-order valence-corrected chi connectivity index (χ3v) is 11.2. The number of nitrogens with zero attached hydrogens (tertiary/aromatic N) is 4. The van der Waals surface area contributed by atoms with Crippen molar-refractivity contribution in [1.82, 2.24) is 20.4 Å². The molecular weight excluding hydrogens is 518 g/mol. The van der Waals surface area contributed by atoms with Crippen molar-refractivity contribution in [2.45, 2.75) is 51.4 Å². The van der Waals surface area contributed by atoms with Crippen LogP contribution in [0.1, 0.15) is 47.7 Å². The van der Waals surface area contributed by atoms with E-state index in [-0.39, 0.29) is 40.3 Å². The Labute approximate surface area is 186 Å². The van der Waals surface area contributed by atoms with E-state index in [0.29, 0.717) is 4.69 Å². The van der Waals surface area contributed by atoms with E-state index in [1.54, 1.807) is 0 Å². The van der Waals surface area contributed by atoms with E-state index >= 15 is 0 Å². The normalized spacial score (nSPS) is 30.0. The first kappa shape index (κ1) is 20.3. The second-order valence-corrected chi connectivity index (χ2v) is 14.5. The van der Waals surface area contributed by atoms with Gasteiger partial charge in [0.2, 0.25) is 0 Å². The molecule has 0 unspecified atom stereocenters. The topological polar surface area (TPSA) is 107 Å². The van der Waals surface area contributed by atoms with Gasteiger partial charge in [-0.15, -0.1) is 0 Å². The van der Waals surface area contributed by atoms with E-state index in [1.165, 1.54) is 19.3 Å². The number of anilines is 2.